The van der Waals surface area contributed by atoms with E-state index in [1.54, 1.807) is 6.20 Å². The van der Waals surface area contributed by atoms with E-state index in [0.717, 1.165) is 5.69 Å². The lowest BCUT2D eigenvalue weighted by molar-refractivity contribution is 1.29. The molecule has 3 heteroatoms. The quantitative estimate of drug-likeness (QED) is 0.806. The van der Waals surface area contributed by atoms with E-state index in [0.29, 0.717) is 11.5 Å². The molecule has 0 atom stereocenters. The van der Waals surface area contributed by atoms with Gasteiger partial charge in [-0.15, -0.1) is 0 Å². The van der Waals surface area contributed by atoms with Gasteiger partial charge in [0.25, 0.3) is 0 Å². The fraction of sp³-hybridized carbons (Fsp3) is 0.154. The standard InChI is InChI=1S/C13H15N3/c1-9-5-6-12(10(2)8-9)16-13-11(14)4-3-7-15-13/h3-8H,14H2,1-2H3,(H,15,16). The number of nitrogens with two attached hydrogens (primary N) is 1. The molecule has 0 fully saturated rings. The predicted octanol–water partition coefficient (Wildman–Crippen LogP) is 3.02. The van der Waals surface area contributed by atoms with E-state index in [1.165, 1.54) is 11.1 Å². The van der Waals surface area contributed by atoms with Crippen molar-refractivity contribution < 1.29 is 0 Å². The average Bonchev–Trinajstić information content (AvgIpc) is 2.25. The lowest BCUT2D eigenvalue weighted by Crippen LogP contribution is -1.99. The van der Waals surface area contributed by atoms with E-state index >= 15 is 0 Å². The first-order chi connectivity index (χ1) is 7.66. The van der Waals surface area contributed by atoms with Crippen molar-refractivity contribution in [2.75, 3.05) is 11.1 Å². The minimum Gasteiger partial charge on any atom is -0.396 e. The number of benzene rings is 1. The van der Waals surface area contributed by atoms with Gasteiger partial charge in [-0.1, -0.05) is 17.7 Å². The molecule has 0 unspecified atom stereocenters. The zero-order chi connectivity index (χ0) is 11.5. The van der Waals surface area contributed by atoms with Gasteiger partial charge in [0, 0.05) is 11.9 Å². The van der Waals surface area contributed by atoms with Gasteiger partial charge in [-0.25, -0.2) is 4.98 Å². The van der Waals surface area contributed by atoms with Gasteiger partial charge in [0.15, 0.2) is 5.82 Å². The first-order valence-corrected chi connectivity index (χ1v) is 5.21. The zero-order valence-corrected chi connectivity index (χ0v) is 9.49. The molecule has 1 heterocycles. The van der Waals surface area contributed by atoms with E-state index < -0.39 is 0 Å². The highest BCUT2D eigenvalue weighted by atomic mass is 15.0. The minimum absolute atomic E-state index is 0.655. The molecule has 0 aliphatic heterocycles. The van der Waals surface area contributed by atoms with Crippen molar-refractivity contribution in [3.63, 3.8) is 0 Å². The van der Waals surface area contributed by atoms with Crippen LogP contribution >= 0.6 is 0 Å². The van der Waals surface area contributed by atoms with Gasteiger partial charge in [0.1, 0.15) is 0 Å². The van der Waals surface area contributed by atoms with Crippen LogP contribution in [0.3, 0.4) is 0 Å². The molecule has 82 valence electrons. The molecule has 2 aromatic rings. The van der Waals surface area contributed by atoms with E-state index in [4.69, 9.17) is 5.73 Å². The highest BCUT2D eigenvalue weighted by Gasteiger charge is 2.02. The Morgan fingerprint density at radius 1 is 1.19 bits per heavy atom. The molecule has 1 aromatic carbocycles. The number of nitrogens with one attached hydrogen (secondary N) is 1. The molecule has 1 aromatic heterocycles. The monoisotopic (exact) mass is 213 g/mol. The number of pyridine rings is 1. The second-order valence-electron chi connectivity index (χ2n) is 3.88. The van der Waals surface area contributed by atoms with Crippen LogP contribution in [0.15, 0.2) is 36.5 Å². The number of hydrogen-bond donors (Lipinski definition) is 2. The summed E-state index contributed by atoms with van der Waals surface area (Å²) in [7, 11) is 0. The summed E-state index contributed by atoms with van der Waals surface area (Å²) in [6, 6.07) is 9.89. The lowest BCUT2D eigenvalue weighted by Gasteiger charge is -2.10. The van der Waals surface area contributed by atoms with E-state index in [-0.39, 0.29) is 0 Å². The molecule has 0 saturated carbocycles. The SMILES string of the molecule is Cc1ccc(Nc2ncccc2N)c(C)c1. The maximum Gasteiger partial charge on any atom is 0.153 e. The van der Waals surface area contributed by atoms with Crippen molar-refractivity contribution >= 4 is 17.2 Å². The second kappa shape index (κ2) is 4.23. The normalized spacial score (nSPS) is 10.1. The summed E-state index contributed by atoms with van der Waals surface area (Å²) in [6.07, 6.45) is 1.72. The first kappa shape index (κ1) is 10.5. The van der Waals surface area contributed by atoms with Crippen LogP contribution in [0.1, 0.15) is 11.1 Å². The fourth-order valence-corrected chi connectivity index (χ4v) is 1.60. The van der Waals surface area contributed by atoms with Crippen LogP contribution in [-0.2, 0) is 0 Å². The first-order valence-electron chi connectivity index (χ1n) is 5.21. The van der Waals surface area contributed by atoms with Gasteiger partial charge in [-0.2, -0.15) is 0 Å². The summed E-state index contributed by atoms with van der Waals surface area (Å²) < 4.78 is 0. The van der Waals surface area contributed by atoms with Crippen molar-refractivity contribution in [2.24, 2.45) is 0 Å². The summed E-state index contributed by atoms with van der Waals surface area (Å²) >= 11 is 0. The second-order valence-corrected chi connectivity index (χ2v) is 3.88. The molecule has 0 aliphatic rings. The van der Waals surface area contributed by atoms with Crippen LogP contribution in [0.25, 0.3) is 0 Å². The highest BCUT2D eigenvalue weighted by Crippen LogP contribution is 2.23. The maximum absolute atomic E-state index is 5.82. The van der Waals surface area contributed by atoms with Crippen molar-refractivity contribution in [3.05, 3.63) is 47.7 Å². The Morgan fingerprint density at radius 3 is 2.69 bits per heavy atom. The lowest BCUT2D eigenvalue weighted by atomic mass is 10.1. The van der Waals surface area contributed by atoms with Crippen LogP contribution in [0.5, 0.6) is 0 Å². The van der Waals surface area contributed by atoms with Crippen LogP contribution in [0.4, 0.5) is 17.2 Å². The zero-order valence-electron chi connectivity index (χ0n) is 9.49. The number of aromatic nitrogens is 1. The van der Waals surface area contributed by atoms with Gasteiger partial charge in [-0.05, 0) is 37.6 Å². The number of rotatable bonds is 2. The Hall–Kier alpha value is -2.03. The van der Waals surface area contributed by atoms with E-state index in [1.807, 2.05) is 18.2 Å². The Morgan fingerprint density at radius 2 is 2.00 bits per heavy atom. The van der Waals surface area contributed by atoms with Gasteiger partial charge in [0.2, 0.25) is 0 Å². The number of nitrogens with zero attached hydrogens (tertiary/aromatic N) is 1. The molecule has 0 bridgehead atoms. The molecule has 0 spiro atoms. The van der Waals surface area contributed by atoms with Crippen molar-refractivity contribution in [2.45, 2.75) is 13.8 Å². The van der Waals surface area contributed by atoms with Gasteiger partial charge >= 0.3 is 0 Å². The molecule has 3 nitrogen and oxygen atoms in total. The minimum atomic E-state index is 0.655. The van der Waals surface area contributed by atoms with E-state index in [9.17, 15) is 0 Å². The Bertz CT molecular complexity index is 506. The third-order valence-electron chi connectivity index (χ3n) is 2.47. The predicted molar refractivity (Wildman–Crippen MR) is 67.8 cm³/mol. The summed E-state index contributed by atoms with van der Waals surface area (Å²) in [5.74, 6) is 0.703. The number of anilines is 3. The largest absolute Gasteiger partial charge is 0.396 e. The Balaban J connectivity index is 2.31. The smallest absolute Gasteiger partial charge is 0.153 e. The summed E-state index contributed by atoms with van der Waals surface area (Å²) in [5.41, 5.74) is 9.95. The third kappa shape index (κ3) is 2.14. The molecule has 2 rings (SSSR count). The fourth-order valence-electron chi connectivity index (χ4n) is 1.60. The number of aryl methyl sites for hydroxylation is 2. The molecule has 0 amide bonds. The van der Waals surface area contributed by atoms with Gasteiger partial charge in [0.05, 0.1) is 5.69 Å². The molecular formula is C13H15N3. The van der Waals surface area contributed by atoms with Crippen LogP contribution < -0.4 is 11.1 Å². The number of hydrogen-bond acceptors (Lipinski definition) is 3. The Labute approximate surface area is 95.3 Å². The molecule has 3 N–H and O–H groups in total. The van der Waals surface area contributed by atoms with Crippen molar-refractivity contribution in [3.8, 4) is 0 Å². The van der Waals surface area contributed by atoms with Crippen molar-refractivity contribution in [1.82, 2.24) is 4.98 Å². The highest BCUT2D eigenvalue weighted by molar-refractivity contribution is 5.70. The topological polar surface area (TPSA) is 50.9 Å². The molecule has 16 heavy (non-hydrogen) atoms. The summed E-state index contributed by atoms with van der Waals surface area (Å²) in [5, 5.41) is 3.23. The Kier molecular flexibility index (Phi) is 2.77. The van der Waals surface area contributed by atoms with Crippen LogP contribution in [-0.4, -0.2) is 4.98 Å². The average molecular weight is 213 g/mol. The third-order valence-corrected chi connectivity index (χ3v) is 2.47. The summed E-state index contributed by atoms with van der Waals surface area (Å²) in [4.78, 5) is 4.20. The van der Waals surface area contributed by atoms with Crippen LogP contribution in [0, 0.1) is 13.8 Å². The van der Waals surface area contributed by atoms with Crippen molar-refractivity contribution in [1.29, 1.82) is 0 Å². The molecule has 0 saturated heterocycles. The molecular weight excluding hydrogens is 198 g/mol. The maximum atomic E-state index is 5.82. The van der Waals surface area contributed by atoms with Crippen LogP contribution in [0.2, 0.25) is 0 Å². The number of nitrogen functional groups attached to an aromatic ring is 1. The summed E-state index contributed by atoms with van der Waals surface area (Å²) in [6.45, 7) is 4.14. The van der Waals surface area contributed by atoms with Gasteiger partial charge < -0.3 is 11.1 Å². The van der Waals surface area contributed by atoms with Gasteiger partial charge in [-0.3, -0.25) is 0 Å². The van der Waals surface area contributed by atoms with E-state index in [2.05, 4.69) is 36.3 Å². The molecule has 0 radical (unpaired) electrons. The molecule has 0 aliphatic carbocycles.